The van der Waals surface area contributed by atoms with Crippen LogP contribution in [0.25, 0.3) is 10.2 Å². The van der Waals surface area contributed by atoms with E-state index in [0.717, 1.165) is 10.2 Å². The van der Waals surface area contributed by atoms with E-state index in [9.17, 15) is 14.0 Å². The summed E-state index contributed by atoms with van der Waals surface area (Å²) in [7, 11) is 1.30. The highest BCUT2D eigenvalue weighted by Crippen LogP contribution is 2.29. The number of nitrogens with one attached hydrogen (secondary N) is 1. The zero-order valence-corrected chi connectivity index (χ0v) is 13.9. The molecule has 1 atom stereocenters. The summed E-state index contributed by atoms with van der Waals surface area (Å²) in [6.45, 7) is 1.70. The summed E-state index contributed by atoms with van der Waals surface area (Å²) in [4.78, 5) is 25.4. The number of thiophene rings is 1. The molecule has 0 saturated carbocycles. The van der Waals surface area contributed by atoms with Crippen LogP contribution in [0.5, 0.6) is 0 Å². The van der Waals surface area contributed by atoms with Crippen molar-refractivity contribution in [3.05, 3.63) is 53.3 Å². The van der Waals surface area contributed by atoms with Crippen molar-refractivity contribution in [2.24, 2.45) is 0 Å². The van der Waals surface area contributed by atoms with Gasteiger partial charge in [0.15, 0.2) is 0 Å². The average molecular weight is 346 g/mol. The first kappa shape index (κ1) is 16.2. The lowest BCUT2D eigenvalue weighted by molar-refractivity contribution is -0.118. The van der Waals surface area contributed by atoms with E-state index in [-0.39, 0.29) is 11.7 Å². The third-order valence-corrected chi connectivity index (χ3v) is 4.65. The highest BCUT2D eigenvalue weighted by atomic mass is 32.1. The number of esters is 1. The number of hydrogen-bond donors (Lipinski definition) is 1. The summed E-state index contributed by atoms with van der Waals surface area (Å²) in [5.74, 6) is -1.18. The maximum Gasteiger partial charge on any atom is 0.354 e. The number of hydrogen-bond acceptors (Lipinski definition) is 4. The number of methoxy groups -OCH3 is 1. The van der Waals surface area contributed by atoms with E-state index in [0.29, 0.717) is 11.4 Å². The molecule has 0 aliphatic carbocycles. The monoisotopic (exact) mass is 346 g/mol. The third kappa shape index (κ3) is 2.90. The molecule has 24 heavy (non-hydrogen) atoms. The predicted octanol–water partition coefficient (Wildman–Crippen LogP) is 3.83. The van der Waals surface area contributed by atoms with E-state index in [1.807, 2.05) is 11.4 Å². The van der Waals surface area contributed by atoms with Gasteiger partial charge in [0.2, 0.25) is 5.91 Å². The van der Waals surface area contributed by atoms with Crippen LogP contribution < -0.4 is 5.32 Å². The van der Waals surface area contributed by atoms with Gasteiger partial charge in [-0.15, -0.1) is 11.3 Å². The van der Waals surface area contributed by atoms with Crippen LogP contribution in [0, 0.1) is 5.82 Å². The molecule has 0 bridgehead atoms. The van der Waals surface area contributed by atoms with Crippen LogP contribution in [-0.4, -0.2) is 23.6 Å². The summed E-state index contributed by atoms with van der Waals surface area (Å²) in [5, 5.41) is 5.50. The molecule has 0 aliphatic heterocycles. The van der Waals surface area contributed by atoms with Gasteiger partial charge in [-0.3, -0.25) is 4.79 Å². The van der Waals surface area contributed by atoms with Crippen LogP contribution in [0.2, 0.25) is 0 Å². The molecule has 1 amide bonds. The van der Waals surface area contributed by atoms with Crippen molar-refractivity contribution >= 4 is 39.1 Å². The largest absolute Gasteiger partial charge is 0.464 e. The van der Waals surface area contributed by atoms with Crippen molar-refractivity contribution in [3.63, 3.8) is 0 Å². The van der Waals surface area contributed by atoms with Crippen molar-refractivity contribution in [1.29, 1.82) is 0 Å². The van der Waals surface area contributed by atoms with Gasteiger partial charge in [0.05, 0.1) is 7.11 Å². The molecule has 2 heterocycles. The van der Waals surface area contributed by atoms with Crippen LogP contribution in [0.15, 0.2) is 41.8 Å². The van der Waals surface area contributed by atoms with Crippen LogP contribution in [0.1, 0.15) is 23.5 Å². The first-order valence-corrected chi connectivity index (χ1v) is 8.12. The smallest absolute Gasteiger partial charge is 0.354 e. The van der Waals surface area contributed by atoms with Gasteiger partial charge >= 0.3 is 5.97 Å². The fourth-order valence-electron chi connectivity index (χ4n) is 2.49. The highest BCUT2D eigenvalue weighted by Gasteiger charge is 2.25. The molecule has 7 heteroatoms. The number of halogens is 1. The Morgan fingerprint density at radius 1 is 1.25 bits per heavy atom. The maximum absolute atomic E-state index is 13.0. The van der Waals surface area contributed by atoms with Crippen LogP contribution in [-0.2, 0) is 9.53 Å². The molecular formula is C17H15FN2O3S. The Morgan fingerprint density at radius 3 is 2.62 bits per heavy atom. The normalized spacial score (nSPS) is 12.1. The molecule has 3 rings (SSSR count). The fraction of sp³-hybridized carbons (Fsp3) is 0.176. The molecule has 2 aromatic heterocycles. The number of aromatic nitrogens is 1. The molecule has 5 nitrogen and oxygen atoms in total. The van der Waals surface area contributed by atoms with Gasteiger partial charge in [0.1, 0.15) is 22.4 Å². The van der Waals surface area contributed by atoms with Gasteiger partial charge in [-0.05, 0) is 48.7 Å². The molecule has 0 saturated heterocycles. The van der Waals surface area contributed by atoms with E-state index < -0.39 is 12.0 Å². The molecular weight excluding hydrogens is 331 g/mol. The summed E-state index contributed by atoms with van der Waals surface area (Å²) in [5.41, 5.74) is 0.809. The van der Waals surface area contributed by atoms with E-state index in [2.05, 4.69) is 5.32 Å². The minimum Gasteiger partial charge on any atom is -0.464 e. The van der Waals surface area contributed by atoms with Crippen molar-refractivity contribution in [2.75, 3.05) is 12.4 Å². The molecule has 0 radical (unpaired) electrons. The Kier molecular flexibility index (Phi) is 4.35. The maximum atomic E-state index is 13.0. The second-order valence-electron chi connectivity index (χ2n) is 5.24. The zero-order chi connectivity index (χ0) is 17.3. The van der Waals surface area contributed by atoms with E-state index in [4.69, 9.17) is 4.74 Å². The Balaban J connectivity index is 1.93. The second-order valence-corrected chi connectivity index (χ2v) is 6.14. The minimum atomic E-state index is -0.639. The molecule has 0 aliphatic rings. The summed E-state index contributed by atoms with van der Waals surface area (Å²) < 4.78 is 19.4. The summed E-state index contributed by atoms with van der Waals surface area (Å²) in [6, 6.07) is 8.46. The van der Waals surface area contributed by atoms with Crippen molar-refractivity contribution in [3.8, 4) is 0 Å². The fourth-order valence-corrected chi connectivity index (χ4v) is 3.46. The molecule has 1 N–H and O–H groups in total. The molecule has 0 fully saturated rings. The standard InChI is InChI=1S/C17H15FN2O3S/c1-10(15(21)19-13-5-3-12(18)4-6-13)20-14(17(22)23-2)9-11-7-8-24-16(11)20/h3-10H,1-2H3,(H,19,21). The van der Waals surface area contributed by atoms with Gasteiger partial charge in [0, 0.05) is 11.1 Å². The number of benzene rings is 1. The van der Waals surface area contributed by atoms with Crippen molar-refractivity contribution in [2.45, 2.75) is 13.0 Å². The Bertz CT molecular complexity index is 898. The second kappa shape index (κ2) is 6.45. The lowest BCUT2D eigenvalue weighted by Crippen LogP contribution is -2.26. The van der Waals surface area contributed by atoms with Gasteiger partial charge in [0.25, 0.3) is 0 Å². The van der Waals surface area contributed by atoms with E-state index in [1.54, 1.807) is 17.6 Å². The van der Waals surface area contributed by atoms with Gasteiger partial charge in [-0.25, -0.2) is 9.18 Å². The minimum absolute atomic E-state index is 0.308. The Labute approximate surface area is 141 Å². The van der Waals surface area contributed by atoms with Crippen molar-refractivity contribution < 1.29 is 18.7 Å². The number of anilines is 1. The summed E-state index contributed by atoms with van der Waals surface area (Å²) >= 11 is 1.44. The quantitative estimate of drug-likeness (QED) is 0.731. The van der Waals surface area contributed by atoms with Gasteiger partial charge in [-0.1, -0.05) is 0 Å². The molecule has 3 aromatic rings. The van der Waals surface area contributed by atoms with Crippen LogP contribution in [0.3, 0.4) is 0 Å². The lowest BCUT2D eigenvalue weighted by atomic mass is 10.2. The van der Waals surface area contributed by atoms with Gasteiger partial charge < -0.3 is 14.6 Å². The van der Waals surface area contributed by atoms with Crippen molar-refractivity contribution in [1.82, 2.24) is 4.57 Å². The lowest BCUT2D eigenvalue weighted by Gasteiger charge is -2.17. The number of nitrogens with zero attached hydrogens (tertiary/aromatic N) is 1. The molecule has 0 spiro atoms. The third-order valence-electron chi connectivity index (χ3n) is 3.72. The predicted molar refractivity (Wildman–Crippen MR) is 90.9 cm³/mol. The van der Waals surface area contributed by atoms with E-state index >= 15 is 0 Å². The Hall–Kier alpha value is -2.67. The topological polar surface area (TPSA) is 60.3 Å². The molecule has 1 aromatic carbocycles. The number of carbonyl (C=O) groups excluding carboxylic acids is 2. The number of fused-ring (bicyclic) bond motifs is 1. The molecule has 1 unspecified atom stereocenters. The SMILES string of the molecule is COC(=O)c1cc2ccsc2n1C(C)C(=O)Nc1ccc(F)cc1. The number of carbonyl (C=O) groups is 2. The average Bonchev–Trinajstić information content (AvgIpc) is 3.16. The van der Waals surface area contributed by atoms with Crippen LogP contribution >= 0.6 is 11.3 Å². The zero-order valence-electron chi connectivity index (χ0n) is 13.1. The Morgan fingerprint density at radius 2 is 1.96 bits per heavy atom. The van der Waals surface area contributed by atoms with Crippen LogP contribution in [0.4, 0.5) is 10.1 Å². The first-order valence-electron chi connectivity index (χ1n) is 7.24. The first-order chi connectivity index (χ1) is 11.5. The molecule has 124 valence electrons. The summed E-state index contributed by atoms with van der Waals surface area (Å²) in [6.07, 6.45) is 0. The number of ether oxygens (including phenoxy) is 1. The number of rotatable bonds is 4. The van der Waals surface area contributed by atoms with E-state index in [1.165, 1.54) is 42.7 Å². The van der Waals surface area contributed by atoms with Gasteiger partial charge in [-0.2, -0.15) is 0 Å². The highest BCUT2D eigenvalue weighted by molar-refractivity contribution is 7.16. The number of amides is 1.